The second-order valence-corrected chi connectivity index (χ2v) is 3.79. The molecule has 0 radical (unpaired) electrons. The third-order valence-corrected chi connectivity index (χ3v) is 2.55. The number of pyridine rings is 2. The van der Waals surface area contributed by atoms with Gasteiger partial charge < -0.3 is 9.84 Å². The fraction of sp³-hybridized carbons (Fsp3) is 0.167. The summed E-state index contributed by atoms with van der Waals surface area (Å²) in [4.78, 5) is 7.98. The van der Waals surface area contributed by atoms with Gasteiger partial charge in [-0.25, -0.2) is 4.98 Å². The summed E-state index contributed by atoms with van der Waals surface area (Å²) in [6.45, 7) is -0.102. The van der Waals surface area contributed by atoms with Gasteiger partial charge in [-0.2, -0.15) is 0 Å². The van der Waals surface area contributed by atoms with Crippen LogP contribution >= 0.6 is 11.6 Å². The molecule has 2 aromatic heterocycles. The van der Waals surface area contributed by atoms with Crippen LogP contribution in [0.3, 0.4) is 0 Å². The van der Waals surface area contributed by atoms with Crippen molar-refractivity contribution in [3.05, 3.63) is 41.4 Å². The largest absolute Gasteiger partial charge is 0.494 e. The van der Waals surface area contributed by atoms with E-state index in [1.165, 1.54) is 0 Å². The molecule has 0 aliphatic heterocycles. The third kappa shape index (κ3) is 2.54. The fourth-order valence-electron chi connectivity index (χ4n) is 1.54. The minimum atomic E-state index is -0.102. The van der Waals surface area contributed by atoms with Crippen molar-refractivity contribution in [1.29, 1.82) is 0 Å². The van der Waals surface area contributed by atoms with E-state index in [1.54, 1.807) is 31.6 Å². The summed E-state index contributed by atoms with van der Waals surface area (Å²) in [6.07, 6.45) is 3.20. The van der Waals surface area contributed by atoms with E-state index >= 15 is 0 Å². The Bertz CT molecular complexity index is 532. The Morgan fingerprint density at radius 2 is 2.18 bits per heavy atom. The highest BCUT2D eigenvalue weighted by atomic mass is 35.5. The Kier molecular flexibility index (Phi) is 3.56. The van der Waals surface area contributed by atoms with Crippen LogP contribution in [-0.4, -0.2) is 22.2 Å². The van der Waals surface area contributed by atoms with Crippen LogP contribution in [-0.2, 0) is 6.61 Å². The molecule has 0 bridgehead atoms. The Morgan fingerprint density at radius 3 is 2.88 bits per heavy atom. The molecule has 0 unspecified atom stereocenters. The van der Waals surface area contributed by atoms with Crippen LogP contribution in [0.5, 0.6) is 5.75 Å². The molecule has 0 aliphatic rings. The number of rotatable bonds is 3. The topological polar surface area (TPSA) is 55.2 Å². The Labute approximate surface area is 104 Å². The molecule has 2 aromatic rings. The number of ether oxygens (including phenoxy) is 1. The van der Waals surface area contributed by atoms with E-state index < -0.39 is 0 Å². The van der Waals surface area contributed by atoms with Gasteiger partial charge in [-0.05, 0) is 23.8 Å². The van der Waals surface area contributed by atoms with Gasteiger partial charge >= 0.3 is 0 Å². The fourth-order valence-corrected chi connectivity index (χ4v) is 1.70. The average Bonchev–Trinajstić information content (AvgIpc) is 2.39. The van der Waals surface area contributed by atoms with Crippen molar-refractivity contribution >= 4 is 11.6 Å². The predicted molar refractivity (Wildman–Crippen MR) is 65.0 cm³/mol. The quantitative estimate of drug-likeness (QED) is 0.850. The zero-order chi connectivity index (χ0) is 12.3. The van der Waals surface area contributed by atoms with Gasteiger partial charge in [0, 0.05) is 11.8 Å². The number of aliphatic hydroxyl groups excluding tert-OH is 1. The van der Waals surface area contributed by atoms with Crippen molar-refractivity contribution in [1.82, 2.24) is 9.97 Å². The minimum absolute atomic E-state index is 0.102. The lowest BCUT2D eigenvalue weighted by Crippen LogP contribution is -1.93. The summed E-state index contributed by atoms with van der Waals surface area (Å²) in [7, 11) is 1.57. The minimum Gasteiger partial charge on any atom is -0.494 e. The summed E-state index contributed by atoms with van der Waals surface area (Å²) < 4.78 is 5.22. The van der Waals surface area contributed by atoms with E-state index in [0.29, 0.717) is 16.6 Å². The number of halogens is 1. The molecule has 1 N–H and O–H groups in total. The molecule has 0 spiro atoms. The zero-order valence-electron chi connectivity index (χ0n) is 9.22. The highest BCUT2D eigenvalue weighted by Gasteiger charge is 2.08. The molecule has 0 atom stereocenters. The number of hydrogen-bond acceptors (Lipinski definition) is 4. The lowest BCUT2D eigenvalue weighted by molar-refractivity contribution is 0.277. The summed E-state index contributed by atoms with van der Waals surface area (Å²) in [5, 5.41) is 9.45. The number of methoxy groups -OCH3 is 1. The molecule has 2 rings (SSSR count). The molecule has 17 heavy (non-hydrogen) atoms. The second kappa shape index (κ2) is 5.12. The van der Waals surface area contributed by atoms with Crippen molar-refractivity contribution in [2.75, 3.05) is 7.11 Å². The van der Waals surface area contributed by atoms with Crippen LogP contribution in [0.15, 0.2) is 30.6 Å². The molecule has 2 heterocycles. The van der Waals surface area contributed by atoms with E-state index in [9.17, 15) is 0 Å². The molecule has 0 amide bonds. The maximum absolute atomic E-state index is 9.06. The third-order valence-electron chi connectivity index (χ3n) is 2.34. The van der Waals surface area contributed by atoms with Crippen LogP contribution in [0.2, 0.25) is 5.15 Å². The normalized spacial score (nSPS) is 10.3. The number of hydrogen-bond donors (Lipinski definition) is 1. The summed E-state index contributed by atoms with van der Waals surface area (Å²) in [5.74, 6) is 0.629. The van der Waals surface area contributed by atoms with Gasteiger partial charge in [-0.15, -0.1) is 0 Å². The molecule has 0 aliphatic carbocycles. The van der Waals surface area contributed by atoms with Crippen LogP contribution in [0, 0.1) is 0 Å². The number of aromatic nitrogens is 2. The van der Waals surface area contributed by atoms with E-state index in [-0.39, 0.29) is 6.61 Å². The monoisotopic (exact) mass is 250 g/mol. The number of nitrogens with zero attached hydrogens (tertiary/aromatic N) is 2. The average molecular weight is 251 g/mol. The van der Waals surface area contributed by atoms with Gasteiger partial charge in [0.05, 0.1) is 25.6 Å². The Balaban J connectivity index is 2.54. The van der Waals surface area contributed by atoms with Gasteiger partial charge in [0.25, 0.3) is 0 Å². The van der Waals surface area contributed by atoms with Crippen LogP contribution in [0.1, 0.15) is 5.69 Å². The molecular formula is C12H11ClN2O2. The van der Waals surface area contributed by atoms with E-state index in [2.05, 4.69) is 9.97 Å². The van der Waals surface area contributed by atoms with Gasteiger partial charge in [0.2, 0.25) is 0 Å². The first kappa shape index (κ1) is 11.8. The van der Waals surface area contributed by atoms with Gasteiger partial charge in [0.1, 0.15) is 10.9 Å². The molecule has 88 valence electrons. The van der Waals surface area contributed by atoms with Gasteiger partial charge in [-0.1, -0.05) is 11.6 Å². The Morgan fingerprint density at radius 1 is 1.35 bits per heavy atom. The van der Waals surface area contributed by atoms with Crippen LogP contribution in [0.25, 0.3) is 11.1 Å². The van der Waals surface area contributed by atoms with E-state index in [0.717, 1.165) is 11.1 Å². The first-order chi connectivity index (χ1) is 8.24. The first-order valence-electron chi connectivity index (χ1n) is 5.00. The summed E-state index contributed by atoms with van der Waals surface area (Å²) in [5.41, 5.74) is 2.30. The molecule has 0 aromatic carbocycles. The predicted octanol–water partition coefficient (Wildman–Crippen LogP) is 2.30. The van der Waals surface area contributed by atoms with Gasteiger partial charge in [-0.3, -0.25) is 4.98 Å². The van der Waals surface area contributed by atoms with E-state index in [4.69, 9.17) is 21.4 Å². The van der Waals surface area contributed by atoms with Crippen molar-refractivity contribution in [2.45, 2.75) is 6.61 Å². The highest BCUT2D eigenvalue weighted by molar-refractivity contribution is 6.29. The lowest BCUT2D eigenvalue weighted by atomic mass is 10.1. The zero-order valence-corrected chi connectivity index (χ0v) is 9.98. The highest BCUT2D eigenvalue weighted by Crippen LogP contribution is 2.31. The van der Waals surface area contributed by atoms with E-state index in [1.807, 2.05) is 6.07 Å². The number of aliphatic hydroxyl groups is 1. The van der Waals surface area contributed by atoms with Crippen molar-refractivity contribution in [2.24, 2.45) is 0 Å². The first-order valence-corrected chi connectivity index (χ1v) is 5.38. The SMILES string of the molecule is COc1cnc(Cl)cc1-c1ccnc(CO)c1. The second-order valence-electron chi connectivity index (χ2n) is 3.40. The lowest BCUT2D eigenvalue weighted by Gasteiger charge is -2.09. The summed E-state index contributed by atoms with van der Waals surface area (Å²) in [6, 6.07) is 5.33. The van der Waals surface area contributed by atoms with Crippen molar-refractivity contribution < 1.29 is 9.84 Å². The molecule has 5 heteroatoms. The van der Waals surface area contributed by atoms with Crippen LogP contribution in [0.4, 0.5) is 0 Å². The van der Waals surface area contributed by atoms with Crippen LogP contribution < -0.4 is 4.74 Å². The Hall–Kier alpha value is -1.65. The maximum Gasteiger partial charge on any atom is 0.145 e. The molecule has 0 saturated heterocycles. The summed E-state index contributed by atoms with van der Waals surface area (Å²) >= 11 is 5.87. The van der Waals surface area contributed by atoms with Crippen molar-refractivity contribution in [3.8, 4) is 16.9 Å². The molecule has 4 nitrogen and oxygen atoms in total. The van der Waals surface area contributed by atoms with Gasteiger partial charge in [0.15, 0.2) is 0 Å². The molecular weight excluding hydrogens is 240 g/mol. The molecule has 0 saturated carbocycles. The molecule has 0 fully saturated rings. The standard InChI is InChI=1S/C12H11ClN2O2/c1-17-11-6-15-12(13)5-10(11)8-2-3-14-9(4-8)7-16/h2-6,16H,7H2,1H3. The maximum atomic E-state index is 9.06. The smallest absolute Gasteiger partial charge is 0.145 e. The van der Waals surface area contributed by atoms with Crippen molar-refractivity contribution in [3.63, 3.8) is 0 Å².